The number of furan rings is 1. The largest absolute Gasteiger partial charge is 0.469 e. The second-order valence-corrected chi connectivity index (χ2v) is 5.76. The Morgan fingerprint density at radius 1 is 1.21 bits per heavy atom. The smallest absolute Gasteiger partial charge is 0.342 e. The summed E-state index contributed by atoms with van der Waals surface area (Å²) in [4.78, 5) is 16.2. The molecule has 6 heteroatoms. The van der Waals surface area contributed by atoms with Crippen LogP contribution in [0.5, 0.6) is 0 Å². The third kappa shape index (κ3) is 3.37. The van der Waals surface area contributed by atoms with Crippen molar-refractivity contribution in [2.45, 2.75) is 33.3 Å². The maximum Gasteiger partial charge on any atom is 0.342 e. The highest BCUT2D eigenvalue weighted by Crippen LogP contribution is 2.21. The zero-order valence-electron chi connectivity index (χ0n) is 13.8. The first-order chi connectivity index (χ1) is 11.5. The van der Waals surface area contributed by atoms with E-state index in [1.807, 2.05) is 24.3 Å². The lowest BCUT2D eigenvalue weighted by atomic mass is 10.0. The zero-order chi connectivity index (χ0) is 17.1. The van der Waals surface area contributed by atoms with E-state index in [-0.39, 0.29) is 12.5 Å². The van der Waals surface area contributed by atoms with Crippen LogP contribution in [-0.4, -0.2) is 16.1 Å². The number of carbonyl (C=O) groups excluding carboxylic acids is 1. The standard InChI is InChI=1S/C18H18N2O4/c1-11(2)13-4-6-14(7-5-13)17-19-16(24-20-17)10-23-18(21)15-8-9-22-12(15)3/h4-9,11H,10H2,1-3H3. The number of carbonyl (C=O) groups is 1. The van der Waals surface area contributed by atoms with Gasteiger partial charge in [0.1, 0.15) is 11.3 Å². The molecule has 0 atom stereocenters. The van der Waals surface area contributed by atoms with Gasteiger partial charge in [-0.1, -0.05) is 43.3 Å². The number of aryl methyl sites for hydroxylation is 1. The molecule has 0 aliphatic heterocycles. The minimum atomic E-state index is -0.484. The molecule has 0 spiro atoms. The van der Waals surface area contributed by atoms with Gasteiger partial charge in [-0.15, -0.1) is 0 Å². The van der Waals surface area contributed by atoms with Crippen LogP contribution in [0.1, 0.15) is 47.3 Å². The second kappa shape index (κ2) is 6.70. The molecule has 1 aromatic carbocycles. The Bertz CT molecular complexity index is 831. The summed E-state index contributed by atoms with van der Waals surface area (Å²) in [6.45, 7) is 5.89. The Morgan fingerprint density at radius 2 is 1.96 bits per heavy atom. The van der Waals surface area contributed by atoms with Crippen molar-refractivity contribution in [2.24, 2.45) is 0 Å². The SMILES string of the molecule is Cc1occc1C(=O)OCc1nc(-c2ccc(C(C)C)cc2)no1. The molecule has 0 N–H and O–H groups in total. The first-order valence-electron chi connectivity index (χ1n) is 7.68. The third-order valence-electron chi connectivity index (χ3n) is 3.71. The fraction of sp³-hybridized carbons (Fsp3) is 0.278. The van der Waals surface area contributed by atoms with Gasteiger partial charge in [-0.25, -0.2) is 4.79 Å². The summed E-state index contributed by atoms with van der Waals surface area (Å²) >= 11 is 0. The maximum atomic E-state index is 11.9. The molecule has 2 aromatic heterocycles. The van der Waals surface area contributed by atoms with Crippen LogP contribution in [0.15, 0.2) is 45.5 Å². The van der Waals surface area contributed by atoms with Crippen LogP contribution in [0.2, 0.25) is 0 Å². The molecule has 0 saturated carbocycles. The number of esters is 1. The van der Waals surface area contributed by atoms with Crippen LogP contribution < -0.4 is 0 Å². The van der Waals surface area contributed by atoms with Crippen molar-refractivity contribution in [1.29, 1.82) is 0 Å². The average molecular weight is 326 g/mol. The van der Waals surface area contributed by atoms with E-state index in [1.54, 1.807) is 13.0 Å². The molecule has 6 nitrogen and oxygen atoms in total. The normalized spacial score (nSPS) is 11.0. The summed E-state index contributed by atoms with van der Waals surface area (Å²) < 4.78 is 15.4. The van der Waals surface area contributed by atoms with Crippen LogP contribution in [-0.2, 0) is 11.3 Å². The van der Waals surface area contributed by atoms with Crippen LogP contribution >= 0.6 is 0 Å². The van der Waals surface area contributed by atoms with Gasteiger partial charge in [0.2, 0.25) is 5.82 Å². The molecule has 0 amide bonds. The van der Waals surface area contributed by atoms with E-state index in [0.29, 0.717) is 23.1 Å². The molecular formula is C18H18N2O4. The van der Waals surface area contributed by atoms with Crippen LogP contribution in [0.4, 0.5) is 0 Å². The molecule has 0 aliphatic rings. The minimum absolute atomic E-state index is 0.0828. The summed E-state index contributed by atoms with van der Waals surface area (Å²) in [5.74, 6) is 1.20. The van der Waals surface area contributed by atoms with E-state index in [2.05, 4.69) is 24.0 Å². The Labute approximate surface area is 139 Å². The first-order valence-corrected chi connectivity index (χ1v) is 7.68. The van der Waals surface area contributed by atoms with Crippen molar-refractivity contribution < 1.29 is 18.5 Å². The summed E-state index contributed by atoms with van der Waals surface area (Å²) in [6, 6.07) is 9.54. The van der Waals surface area contributed by atoms with Crippen LogP contribution in [0, 0.1) is 6.92 Å². The van der Waals surface area contributed by atoms with Gasteiger partial charge in [-0.2, -0.15) is 4.98 Å². The Kier molecular flexibility index (Phi) is 4.46. The highest BCUT2D eigenvalue weighted by molar-refractivity contribution is 5.90. The van der Waals surface area contributed by atoms with Gasteiger partial charge in [0.05, 0.1) is 6.26 Å². The van der Waals surface area contributed by atoms with Crippen molar-refractivity contribution in [3.05, 3.63) is 59.4 Å². The molecule has 0 aliphatic carbocycles. The monoisotopic (exact) mass is 326 g/mol. The summed E-state index contributed by atoms with van der Waals surface area (Å²) in [6.07, 6.45) is 1.44. The summed E-state index contributed by atoms with van der Waals surface area (Å²) in [5.41, 5.74) is 2.48. The van der Waals surface area contributed by atoms with E-state index in [0.717, 1.165) is 5.56 Å². The lowest BCUT2D eigenvalue weighted by Gasteiger charge is -2.04. The van der Waals surface area contributed by atoms with E-state index in [4.69, 9.17) is 13.7 Å². The average Bonchev–Trinajstić information content (AvgIpc) is 3.21. The number of ether oxygens (including phenoxy) is 1. The molecule has 0 fully saturated rings. The molecule has 0 unspecified atom stereocenters. The van der Waals surface area contributed by atoms with Gasteiger partial charge < -0.3 is 13.7 Å². The Balaban J connectivity index is 1.65. The fourth-order valence-electron chi connectivity index (χ4n) is 2.25. The van der Waals surface area contributed by atoms with Gasteiger partial charge >= 0.3 is 5.97 Å². The van der Waals surface area contributed by atoms with Crippen molar-refractivity contribution >= 4 is 5.97 Å². The maximum absolute atomic E-state index is 11.9. The lowest BCUT2D eigenvalue weighted by Crippen LogP contribution is -2.05. The van der Waals surface area contributed by atoms with Crippen molar-refractivity contribution in [1.82, 2.24) is 10.1 Å². The topological polar surface area (TPSA) is 78.4 Å². The quantitative estimate of drug-likeness (QED) is 0.656. The molecule has 2 heterocycles. The molecule has 124 valence electrons. The van der Waals surface area contributed by atoms with Crippen LogP contribution in [0.25, 0.3) is 11.4 Å². The van der Waals surface area contributed by atoms with Crippen molar-refractivity contribution in [2.75, 3.05) is 0 Å². The molecule has 0 saturated heterocycles. The highest BCUT2D eigenvalue weighted by atomic mass is 16.6. The Morgan fingerprint density at radius 3 is 2.58 bits per heavy atom. The van der Waals surface area contributed by atoms with Gasteiger partial charge in [0.15, 0.2) is 6.61 Å². The van der Waals surface area contributed by atoms with Crippen LogP contribution in [0.3, 0.4) is 0 Å². The van der Waals surface area contributed by atoms with Gasteiger partial charge in [0.25, 0.3) is 5.89 Å². The number of hydrogen-bond donors (Lipinski definition) is 0. The molecule has 3 rings (SSSR count). The first kappa shape index (κ1) is 16.0. The fourth-order valence-corrected chi connectivity index (χ4v) is 2.25. The minimum Gasteiger partial charge on any atom is -0.469 e. The van der Waals surface area contributed by atoms with Gasteiger partial charge in [-0.3, -0.25) is 0 Å². The van der Waals surface area contributed by atoms with Crippen molar-refractivity contribution in [3.63, 3.8) is 0 Å². The van der Waals surface area contributed by atoms with Crippen molar-refractivity contribution in [3.8, 4) is 11.4 Å². The highest BCUT2D eigenvalue weighted by Gasteiger charge is 2.15. The zero-order valence-corrected chi connectivity index (χ0v) is 13.8. The lowest BCUT2D eigenvalue weighted by molar-refractivity contribution is 0.0428. The molecule has 0 bridgehead atoms. The van der Waals surface area contributed by atoms with E-state index in [9.17, 15) is 4.79 Å². The predicted molar refractivity (Wildman–Crippen MR) is 86.4 cm³/mol. The number of aromatic nitrogens is 2. The second-order valence-electron chi connectivity index (χ2n) is 5.76. The molecular weight excluding hydrogens is 308 g/mol. The number of hydrogen-bond acceptors (Lipinski definition) is 6. The number of nitrogens with zero attached hydrogens (tertiary/aromatic N) is 2. The number of benzene rings is 1. The van der Waals surface area contributed by atoms with Gasteiger partial charge in [-0.05, 0) is 24.5 Å². The van der Waals surface area contributed by atoms with E-state index < -0.39 is 5.97 Å². The van der Waals surface area contributed by atoms with E-state index in [1.165, 1.54) is 11.8 Å². The summed E-state index contributed by atoms with van der Waals surface area (Å²) in [5, 5.41) is 3.92. The molecule has 0 radical (unpaired) electrons. The molecule has 24 heavy (non-hydrogen) atoms. The van der Waals surface area contributed by atoms with E-state index >= 15 is 0 Å². The Hall–Kier alpha value is -2.89. The summed E-state index contributed by atoms with van der Waals surface area (Å²) in [7, 11) is 0. The number of rotatable bonds is 5. The molecule has 3 aromatic rings. The third-order valence-corrected chi connectivity index (χ3v) is 3.71. The predicted octanol–water partition coefficient (Wildman–Crippen LogP) is 4.12. The van der Waals surface area contributed by atoms with Gasteiger partial charge in [0, 0.05) is 5.56 Å².